The number of phenolic OH excluding ortho intramolecular Hbond substituents is 1. The number of benzene rings is 3. The van der Waals surface area contributed by atoms with Gasteiger partial charge in [0.2, 0.25) is 106 Å². The number of phenols is 1. The molecule has 2 aromatic heterocycles. The topological polar surface area (TPSA) is 676 Å². The number of likely N-dealkylation sites (N-methyl/N-ethyl adjacent to an activating group) is 3. The van der Waals surface area contributed by atoms with E-state index in [2.05, 4.69) is 68.5 Å². The van der Waals surface area contributed by atoms with Gasteiger partial charge in [-0.05, 0) is 105 Å². The molecule has 0 saturated carbocycles. The summed E-state index contributed by atoms with van der Waals surface area (Å²) in [6, 6.07) is -2.80. The fourth-order valence-electron chi connectivity index (χ4n) is 16.6. The third kappa shape index (κ3) is 30.5. The summed E-state index contributed by atoms with van der Waals surface area (Å²) in [5.74, 6) is -19.8. The number of amides is 18. The second kappa shape index (κ2) is 51.1. The van der Waals surface area contributed by atoms with E-state index in [9.17, 15) is 68.1 Å². The van der Waals surface area contributed by atoms with E-state index in [1.165, 1.54) is 52.3 Å². The number of hydrogen-bond donors (Lipinski definition) is 21. The number of aliphatic hydroxyl groups excluding tert-OH is 2. The zero-order valence-corrected chi connectivity index (χ0v) is 78.0. The summed E-state index contributed by atoms with van der Waals surface area (Å²) in [4.78, 5) is 274. The summed E-state index contributed by atoms with van der Waals surface area (Å²) in [7, 11) is 3.88. The van der Waals surface area contributed by atoms with Crippen LogP contribution in [0.25, 0.3) is 21.8 Å². The molecule has 135 heavy (non-hydrogen) atoms. The van der Waals surface area contributed by atoms with E-state index in [0.717, 1.165) is 36.3 Å². The van der Waals surface area contributed by atoms with Gasteiger partial charge >= 0.3 is 0 Å². The molecule has 3 aromatic carbocycles. The Balaban J connectivity index is 1.21. The van der Waals surface area contributed by atoms with Crippen molar-refractivity contribution in [3.05, 3.63) is 102 Å². The Bertz CT molecular complexity index is 5090. The van der Waals surface area contributed by atoms with Crippen molar-refractivity contribution >= 4 is 146 Å². The number of carbonyl (C=O) groups excluding carboxylic acids is 18. The first-order chi connectivity index (χ1) is 64.1. The molecule has 3 aliphatic rings. The number of H-pyrrole nitrogens is 2. The second-order valence-electron chi connectivity index (χ2n) is 34.7. The monoisotopic (exact) mass is 1900 g/mol. The molecule has 5 heterocycles. The number of guanidine groups is 1. The Kier molecular flexibility index (Phi) is 40.5. The van der Waals surface area contributed by atoms with Crippen molar-refractivity contribution in [3.63, 3.8) is 0 Å². The molecule has 736 valence electrons. The number of rotatable bonds is 27. The van der Waals surface area contributed by atoms with Gasteiger partial charge in [0, 0.05) is 113 Å². The lowest BCUT2D eigenvalue weighted by molar-refractivity contribution is -0.149. The van der Waals surface area contributed by atoms with Gasteiger partial charge in [0.15, 0.2) is 5.96 Å². The van der Waals surface area contributed by atoms with Crippen LogP contribution in [0.2, 0.25) is 0 Å². The van der Waals surface area contributed by atoms with Crippen LogP contribution in [0.4, 0.5) is 0 Å². The molecule has 1 unspecified atom stereocenters. The number of para-hydroxylation sites is 2. The largest absolute Gasteiger partial charge is 0.508 e. The molecule has 0 radical (unpaired) electrons. The second-order valence-corrected chi connectivity index (χ2v) is 35.7. The molecule has 0 spiro atoms. The molecule has 3 saturated heterocycles. The van der Waals surface area contributed by atoms with Gasteiger partial charge in [-0.15, -0.1) is 11.8 Å². The molecular weight excluding hydrogens is 1770 g/mol. The highest BCUT2D eigenvalue weighted by molar-refractivity contribution is 8.00. The van der Waals surface area contributed by atoms with Crippen molar-refractivity contribution in [3.8, 4) is 5.75 Å². The predicted molar refractivity (Wildman–Crippen MR) is 496 cm³/mol. The smallest absolute Gasteiger partial charge is 0.246 e. The molecule has 3 fully saturated rings. The van der Waals surface area contributed by atoms with Crippen LogP contribution in [0.5, 0.6) is 5.75 Å². The Labute approximate surface area is 784 Å². The predicted octanol–water partition coefficient (Wildman–Crippen LogP) is -3.63. The molecule has 25 N–H and O–H groups in total. The quantitative estimate of drug-likeness (QED) is 0.0137. The van der Waals surface area contributed by atoms with E-state index in [-0.39, 0.29) is 83.0 Å². The number of aromatic nitrogens is 2. The molecule has 8 rings (SSSR count). The Morgan fingerprint density at radius 3 is 1.62 bits per heavy atom. The van der Waals surface area contributed by atoms with Crippen molar-refractivity contribution < 1.29 is 102 Å². The van der Waals surface area contributed by atoms with Crippen LogP contribution in [-0.4, -0.2) is 318 Å². The van der Waals surface area contributed by atoms with Crippen LogP contribution in [0.15, 0.2) is 85.2 Å². The molecule has 0 bridgehead atoms. The van der Waals surface area contributed by atoms with Gasteiger partial charge in [-0.2, -0.15) is 0 Å². The number of fused-ring (bicyclic) bond motifs is 4. The van der Waals surface area contributed by atoms with Crippen LogP contribution in [0.1, 0.15) is 148 Å². The highest BCUT2D eigenvalue weighted by Crippen LogP contribution is 2.28. The fourth-order valence-corrected chi connectivity index (χ4v) is 17.4. The number of nitrogens with one attached hydrogen (secondary N) is 14. The molecular formula is C90H129N23O21S. The average molecular weight is 1900 g/mol. The van der Waals surface area contributed by atoms with Gasteiger partial charge in [0.25, 0.3) is 0 Å². The first-order valence-corrected chi connectivity index (χ1v) is 46.4. The van der Waals surface area contributed by atoms with Gasteiger partial charge in [0.05, 0.1) is 31.2 Å². The number of hydrogen-bond acceptors (Lipinski definition) is 23. The zero-order valence-electron chi connectivity index (χ0n) is 77.1. The van der Waals surface area contributed by atoms with Crippen LogP contribution in [-0.2, 0) is 106 Å². The molecule has 45 heteroatoms. The maximum atomic E-state index is 15.8. The summed E-state index contributed by atoms with van der Waals surface area (Å²) in [5, 5.41) is 70.2. The third-order valence-electron chi connectivity index (χ3n) is 24.0. The molecule has 3 aliphatic heterocycles. The van der Waals surface area contributed by atoms with E-state index in [1.807, 2.05) is 13.8 Å². The number of carbonyl (C=O) groups is 18. The maximum absolute atomic E-state index is 15.8. The molecule has 18 amide bonds. The summed E-state index contributed by atoms with van der Waals surface area (Å²) >= 11 is 0.749. The number of aliphatic hydroxyl groups is 2. The number of unbranched alkanes of at least 4 members (excludes halogenated alkanes) is 2. The van der Waals surface area contributed by atoms with Crippen molar-refractivity contribution in [1.82, 2.24) is 93.0 Å². The summed E-state index contributed by atoms with van der Waals surface area (Å²) in [6.07, 6.45) is -0.501. The van der Waals surface area contributed by atoms with Crippen LogP contribution >= 0.6 is 11.8 Å². The average Bonchev–Trinajstić information content (AvgIpc) is 1.71. The number of nitrogens with zero attached hydrogens (tertiary/aromatic N) is 5. The maximum Gasteiger partial charge on any atom is 0.246 e. The van der Waals surface area contributed by atoms with Gasteiger partial charge in [-0.1, -0.05) is 102 Å². The minimum atomic E-state index is -1.87. The van der Waals surface area contributed by atoms with Crippen LogP contribution in [0, 0.1) is 11.3 Å². The Morgan fingerprint density at radius 2 is 1.02 bits per heavy atom. The standard InChI is InChI=1S/C90H129N23O21S/c1-9-11-24-68-82(127)102-59(23-17-32-96-90(94)95)78(123)108-67(77(122)99-44-74(93)119)46-135-47-75(120)100-64(36-50-27-29-53(115)30-28-50)85(130)109(6)49(5)76(121)105-66(41-73(92)118)87(132)112-33-18-26-69(112)83(128)104-62(40-72(91)117)81(126)106-63(35-48(3)4)88(133)113-45-54(116)39-71(113)84(129)103-61(37-51-42-97-57-21-15-13-19-55(51)57)80(125)101-60(31-34-114)79(124)107-65(38-52-43-98-58-22-16-14-20-56(52)58)86(131)111(8)70(25-12-10-2)89(134)110(68)7/h13-16,19-22,27-30,42-43,48-49,54,59-71,97-98,114-116H,9-12,17-18,23-26,31-41,44-47H2,1-8H3,(H2,91,117)(H2,92,118)(H2,93,119)(H,99,122)(H,100,120)(H,101,125)(H,102,127)(H,103,129)(H,104,128)(H,105,121)(H,106,126)(H,107,124)(H,108,123)(H4,94,95,96)/t49-,54+,59-,60-,61-,62-,63-,64-,65-,66-,67?,68-,69-,70-,71-/m0/s1. The highest BCUT2D eigenvalue weighted by atomic mass is 32.2. The van der Waals surface area contributed by atoms with E-state index in [4.69, 9.17) is 28.3 Å². The van der Waals surface area contributed by atoms with E-state index in [1.54, 1.807) is 74.8 Å². The lowest BCUT2D eigenvalue weighted by Gasteiger charge is -2.36. The van der Waals surface area contributed by atoms with E-state index < -0.39 is 266 Å². The van der Waals surface area contributed by atoms with Gasteiger partial charge < -0.3 is 131 Å². The number of nitrogens with two attached hydrogens (primary N) is 4. The summed E-state index contributed by atoms with van der Waals surface area (Å²) < 4.78 is 0. The molecule has 15 atom stereocenters. The lowest BCUT2D eigenvalue weighted by Crippen LogP contribution is -2.61. The lowest BCUT2D eigenvalue weighted by atomic mass is 9.99. The van der Waals surface area contributed by atoms with Crippen molar-refractivity contribution in [2.45, 2.75) is 241 Å². The summed E-state index contributed by atoms with van der Waals surface area (Å²) in [6.45, 7) is 6.11. The normalized spacial score (nSPS) is 24.7. The number of primary amides is 3. The van der Waals surface area contributed by atoms with Crippen LogP contribution in [0.3, 0.4) is 0 Å². The van der Waals surface area contributed by atoms with Gasteiger partial charge in [-0.3, -0.25) is 91.7 Å². The van der Waals surface area contributed by atoms with Crippen molar-refractivity contribution in [2.75, 3.05) is 65.4 Å². The minimum absolute atomic E-state index is 0.0142. The summed E-state index contributed by atoms with van der Waals surface area (Å²) in [5.41, 5.74) is 25.1. The molecule has 5 aromatic rings. The van der Waals surface area contributed by atoms with Gasteiger partial charge in [0.1, 0.15) is 90.3 Å². The number of aromatic hydroxyl groups is 1. The Hall–Kier alpha value is -13.5. The first kappa shape index (κ1) is 107. The number of thioether (sulfide) groups is 1. The highest BCUT2D eigenvalue weighted by Gasteiger charge is 2.47. The molecule has 0 aliphatic carbocycles. The Morgan fingerprint density at radius 1 is 0.519 bits per heavy atom. The first-order valence-electron chi connectivity index (χ1n) is 45.2. The van der Waals surface area contributed by atoms with Crippen LogP contribution < -0.4 is 81.4 Å². The number of aromatic amines is 2. The zero-order chi connectivity index (χ0) is 99.2. The molecule has 44 nitrogen and oxygen atoms in total. The van der Waals surface area contributed by atoms with Crippen molar-refractivity contribution in [2.24, 2.45) is 28.9 Å². The fraction of sp³-hybridized carbons (Fsp3) is 0.544. The van der Waals surface area contributed by atoms with E-state index in [0.29, 0.717) is 64.2 Å². The SMILES string of the molecule is CCCC[C@H]1C(=O)N(C)[C@@H](CCCC)C(=O)N[C@@H](CCCNC(=N)N)C(=O)NC(C(=O)NCC(N)=O)CSCC(=O)N[C@@H](Cc2ccc(O)cc2)C(=O)N(C)[C@@H](C)C(=O)N[C@@H](CC(N)=O)C(=O)N2CCC[C@H]2C(=O)N[C@@H](CC(N)=O)C(=O)N[C@@H](CC(C)C)C(=O)N2C[C@H](O)C[C@H]2C(=O)N[C@@H](Cc2c[nH]c3ccccc23)C(=O)N[C@@H](CCO)C(=O)N[C@@H](Cc2c[nH]c3ccccc23)C(=O)N1C. The minimum Gasteiger partial charge on any atom is -0.508 e. The van der Waals surface area contributed by atoms with E-state index >= 15 is 33.6 Å². The third-order valence-corrected chi connectivity index (χ3v) is 25.0. The van der Waals surface area contributed by atoms with Crippen molar-refractivity contribution in [1.29, 1.82) is 5.41 Å². The van der Waals surface area contributed by atoms with Gasteiger partial charge in [-0.25, -0.2) is 0 Å².